The molecule has 1 aliphatic heterocycles. The quantitative estimate of drug-likeness (QED) is 0.294. The Kier molecular flexibility index (Phi) is 8.53. The fourth-order valence-electron chi connectivity index (χ4n) is 4.95. The molecule has 0 radical (unpaired) electrons. The molecule has 0 atom stereocenters. The zero-order valence-corrected chi connectivity index (χ0v) is 22.3. The summed E-state index contributed by atoms with van der Waals surface area (Å²) in [5.41, 5.74) is 1.57. The Morgan fingerprint density at radius 2 is 1.77 bits per heavy atom. The Balaban J connectivity index is 1.42. The maximum Gasteiger partial charge on any atom is 0.262 e. The first-order valence-electron chi connectivity index (χ1n) is 13.5. The Hall–Kier alpha value is -4.17. The van der Waals surface area contributed by atoms with Gasteiger partial charge in [-0.2, -0.15) is 0 Å². The Morgan fingerprint density at radius 3 is 2.56 bits per heavy atom. The summed E-state index contributed by atoms with van der Waals surface area (Å²) >= 11 is 0. The number of rotatable bonds is 10. The zero-order chi connectivity index (χ0) is 27.0. The molecule has 2 heterocycles. The number of ether oxygens (including phenoxy) is 2. The van der Waals surface area contributed by atoms with Crippen molar-refractivity contribution in [1.82, 2.24) is 14.5 Å². The second kappa shape index (κ2) is 12.6. The third kappa shape index (κ3) is 6.64. The van der Waals surface area contributed by atoms with Crippen molar-refractivity contribution in [1.29, 1.82) is 0 Å². The maximum atomic E-state index is 13.8. The molecule has 1 aromatic heterocycles. The molecule has 1 fully saturated rings. The lowest BCUT2D eigenvalue weighted by molar-refractivity contribution is -0.116. The highest BCUT2D eigenvalue weighted by molar-refractivity contribution is 5.91. The van der Waals surface area contributed by atoms with Crippen molar-refractivity contribution in [3.63, 3.8) is 0 Å². The van der Waals surface area contributed by atoms with Gasteiger partial charge in [0.05, 0.1) is 24.6 Å². The third-order valence-electron chi connectivity index (χ3n) is 6.95. The van der Waals surface area contributed by atoms with E-state index in [9.17, 15) is 9.59 Å². The molecule has 1 amide bonds. The van der Waals surface area contributed by atoms with Gasteiger partial charge < -0.3 is 19.7 Å². The summed E-state index contributed by atoms with van der Waals surface area (Å²) in [6.07, 6.45) is 4.79. The second-order valence-corrected chi connectivity index (χ2v) is 9.76. The predicted octanol–water partition coefficient (Wildman–Crippen LogP) is 4.97. The van der Waals surface area contributed by atoms with Crippen molar-refractivity contribution < 1.29 is 14.3 Å². The van der Waals surface area contributed by atoms with Gasteiger partial charge in [-0.1, -0.05) is 36.8 Å². The number of hydrogen-bond donors (Lipinski definition) is 1. The average Bonchev–Trinajstić information content (AvgIpc) is 2.98. The number of aromatic nitrogens is 2. The van der Waals surface area contributed by atoms with E-state index in [1.54, 1.807) is 37.4 Å². The standard InChI is InChI=1S/C31H34N4O4/c1-38-25-13-8-10-23(20-25)30-33-28-15-14-26(39-19-9-18-34-16-6-3-7-17-34)21-27(28)31(37)35(30)22-29(36)32-24-11-4-2-5-12-24/h2,4-5,8,10-15,20-21H,3,6-7,9,16-19,22H2,1H3,(H,32,36). The lowest BCUT2D eigenvalue weighted by Crippen LogP contribution is -2.31. The van der Waals surface area contributed by atoms with Gasteiger partial charge in [-0.25, -0.2) is 4.98 Å². The van der Waals surface area contributed by atoms with E-state index < -0.39 is 0 Å². The number of methoxy groups -OCH3 is 1. The Bertz CT molecular complexity index is 1480. The number of carbonyl (C=O) groups excluding carboxylic acids is 1. The highest BCUT2D eigenvalue weighted by Gasteiger charge is 2.17. The van der Waals surface area contributed by atoms with Crippen LogP contribution in [0.25, 0.3) is 22.3 Å². The fraction of sp³-hybridized carbons (Fsp3) is 0.323. The van der Waals surface area contributed by atoms with E-state index in [4.69, 9.17) is 14.5 Å². The van der Waals surface area contributed by atoms with E-state index in [0.717, 1.165) is 26.1 Å². The minimum absolute atomic E-state index is 0.190. The molecular weight excluding hydrogens is 492 g/mol. The minimum Gasteiger partial charge on any atom is -0.497 e. The summed E-state index contributed by atoms with van der Waals surface area (Å²) in [5.74, 6) is 1.33. The van der Waals surface area contributed by atoms with Gasteiger partial charge in [0.2, 0.25) is 5.91 Å². The highest BCUT2D eigenvalue weighted by atomic mass is 16.5. The molecule has 8 heteroatoms. The van der Waals surface area contributed by atoms with E-state index in [1.807, 2.05) is 42.5 Å². The minimum atomic E-state index is -0.321. The van der Waals surface area contributed by atoms with E-state index in [2.05, 4.69) is 10.2 Å². The topological polar surface area (TPSA) is 85.7 Å². The van der Waals surface area contributed by atoms with E-state index in [0.29, 0.717) is 46.1 Å². The van der Waals surface area contributed by atoms with Crippen LogP contribution in [0.3, 0.4) is 0 Å². The summed E-state index contributed by atoms with van der Waals surface area (Å²) in [6, 6.07) is 21.9. The van der Waals surface area contributed by atoms with Gasteiger partial charge in [-0.3, -0.25) is 14.2 Å². The monoisotopic (exact) mass is 526 g/mol. The summed E-state index contributed by atoms with van der Waals surface area (Å²) < 4.78 is 12.8. The molecule has 0 aliphatic carbocycles. The van der Waals surface area contributed by atoms with Gasteiger partial charge in [0, 0.05) is 17.8 Å². The van der Waals surface area contributed by atoms with Crippen molar-refractivity contribution in [2.45, 2.75) is 32.2 Å². The zero-order valence-electron chi connectivity index (χ0n) is 22.3. The molecular formula is C31H34N4O4. The largest absolute Gasteiger partial charge is 0.497 e. The number of fused-ring (bicyclic) bond motifs is 1. The molecule has 0 unspecified atom stereocenters. The molecule has 5 rings (SSSR count). The highest BCUT2D eigenvalue weighted by Crippen LogP contribution is 2.25. The van der Waals surface area contributed by atoms with Crippen LogP contribution < -0.4 is 20.3 Å². The first-order valence-corrected chi connectivity index (χ1v) is 13.5. The predicted molar refractivity (Wildman–Crippen MR) is 153 cm³/mol. The van der Waals surface area contributed by atoms with Crippen LogP contribution in [-0.2, 0) is 11.3 Å². The molecule has 1 saturated heterocycles. The van der Waals surface area contributed by atoms with Crippen LogP contribution in [0.2, 0.25) is 0 Å². The molecule has 8 nitrogen and oxygen atoms in total. The fourth-order valence-corrected chi connectivity index (χ4v) is 4.95. The number of likely N-dealkylation sites (tertiary alicyclic amines) is 1. The number of carbonyl (C=O) groups is 1. The van der Waals surface area contributed by atoms with Crippen LogP contribution >= 0.6 is 0 Å². The van der Waals surface area contributed by atoms with Crippen LogP contribution in [0, 0.1) is 0 Å². The van der Waals surface area contributed by atoms with Crippen molar-refractivity contribution in [2.75, 3.05) is 38.7 Å². The number of nitrogens with one attached hydrogen (secondary N) is 1. The first kappa shape index (κ1) is 26.4. The number of nitrogens with zero attached hydrogens (tertiary/aromatic N) is 3. The normalized spacial score (nSPS) is 13.8. The summed E-state index contributed by atoms with van der Waals surface area (Å²) in [4.78, 5) is 34.1. The molecule has 4 aromatic rings. The number of para-hydroxylation sites is 1. The first-order chi connectivity index (χ1) is 19.1. The molecule has 202 valence electrons. The van der Waals surface area contributed by atoms with Gasteiger partial charge in [0.25, 0.3) is 5.56 Å². The van der Waals surface area contributed by atoms with Crippen LogP contribution in [0.15, 0.2) is 77.6 Å². The summed E-state index contributed by atoms with van der Waals surface area (Å²) in [7, 11) is 1.58. The van der Waals surface area contributed by atoms with Crippen LogP contribution in [0.1, 0.15) is 25.7 Å². The van der Waals surface area contributed by atoms with Gasteiger partial charge in [-0.15, -0.1) is 0 Å². The number of amides is 1. The van der Waals surface area contributed by atoms with Crippen molar-refractivity contribution in [3.8, 4) is 22.9 Å². The average molecular weight is 527 g/mol. The molecule has 39 heavy (non-hydrogen) atoms. The molecule has 0 bridgehead atoms. The lowest BCUT2D eigenvalue weighted by Gasteiger charge is -2.26. The Morgan fingerprint density at radius 1 is 0.949 bits per heavy atom. The van der Waals surface area contributed by atoms with Gasteiger partial charge in [0.1, 0.15) is 23.9 Å². The van der Waals surface area contributed by atoms with E-state index in [-0.39, 0.29) is 18.0 Å². The van der Waals surface area contributed by atoms with Crippen LogP contribution in [0.4, 0.5) is 5.69 Å². The van der Waals surface area contributed by atoms with Gasteiger partial charge in [0.15, 0.2) is 0 Å². The SMILES string of the molecule is COc1cccc(-c2nc3ccc(OCCCN4CCCCC4)cc3c(=O)n2CC(=O)Nc2ccccc2)c1. The number of piperidine rings is 1. The maximum absolute atomic E-state index is 13.8. The summed E-state index contributed by atoms with van der Waals surface area (Å²) in [6.45, 7) is 3.72. The number of anilines is 1. The molecule has 0 saturated carbocycles. The van der Waals surface area contributed by atoms with E-state index in [1.165, 1.54) is 23.8 Å². The second-order valence-electron chi connectivity index (χ2n) is 9.76. The smallest absolute Gasteiger partial charge is 0.262 e. The molecule has 3 aromatic carbocycles. The van der Waals surface area contributed by atoms with Crippen LogP contribution in [0.5, 0.6) is 11.5 Å². The lowest BCUT2D eigenvalue weighted by atomic mass is 10.1. The van der Waals surface area contributed by atoms with Crippen LogP contribution in [-0.4, -0.2) is 53.7 Å². The van der Waals surface area contributed by atoms with Crippen molar-refractivity contribution in [2.24, 2.45) is 0 Å². The van der Waals surface area contributed by atoms with E-state index >= 15 is 0 Å². The summed E-state index contributed by atoms with van der Waals surface area (Å²) in [5, 5.41) is 3.27. The number of hydrogen-bond acceptors (Lipinski definition) is 6. The van der Waals surface area contributed by atoms with Gasteiger partial charge in [-0.05, 0) is 74.8 Å². The third-order valence-corrected chi connectivity index (χ3v) is 6.95. The molecule has 1 N–H and O–H groups in total. The molecule has 0 spiro atoms. The van der Waals surface area contributed by atoms with Gasteiger partial charge >= 0.3 is 0 Å². The van der Waals surface area contributed by atoms with Crippen molar-refractivity contribution in [3.05, 3.63) is 83.2 Å². The number of benzene rings is 3. The van der Waals surface area contributed by atoms with Crippen molar-refractivity contribution >= 4 is 22.5 Å². The molecule has 1 aliphatic rings. The Labute approximate surface area is 228 Å².